The number of piperidine rings is 1. The molecule has 114 valence electrons. The molecule has 0 aromatic carbocycles. The van der Waals surface area contributed by atoms with Crippen LogP contribution in [-0.4, -0.2) is 59.9 Å². The number of urea groups is 1. The molecule has 7 nitrogen and oxygen atoms in total. The Balaban J connectivity index is 0.00000200. The van der Waals surface area contributed by atoms with Crippen LogP contribution in [0.25, 0.3) is 0 Å². The first-order chi connectivity index (χ1) is 9.01. The van der Waals surface area contributed by atoms with Crippen LogP contribution in [-0.2, 0) is 9.59 Å². The lowest BCUT2D eigenvalue weighted by Crippen LogP contribution is -2.52. The summed E-state index contributed by atoms with van der Waals surface area (Å²) in [5.41, 5.74) is 5.71. The number of imide groups is 1. The summed E-state index contributed by atoms with van der Waals surface area (Å²) in [6.45, 7) is 3.16. The van der Waals surface area contributed by atoms with Gasteiger partial charge < -0.3 is 15.5 Å². The SMILES string of the molecule is CC1CCN(C(=O)CN2CC(=O)NC2=O)C(CN)C1.Cl. The number of rotatable bonds is 3. The Bertz CT molecular complexity index is 404. The molecule has 2 fully saturated rings. The molecule has 0 bridgehead atoms. The molecule has 0 spiro atoms. The number of carbonyl (C=O) groups is 3. The molecule has 0 radical (unpaired) electrons. The van der Waals surface area contributed by atoms with E-state index in [1.807, 2.05) is 0 Å². The Labute approximate surface area is 124 Å². The number of halogens is 1. The molecule has 0 saturated carbocycles. The van der Waals surface area contributed by atoms with Gasteiger partial charge in [-0.2, -0.15) is 0 Å². The molecule has 2 heterocycles. The first-order valence-electron chi connectivity index (χ1n) is 6.59. The van der Waals surface area contributed by atoms with Gasteiger partial charge in [0.15, 0.2) is 0 Å². The second-order valence-electron chi connectivity index (χ2n) is 5.32. The highest BCUT2D eigenvalue weighted by atomic mass is 35.5. The van der Waals surface area contributed by atoms with Crippen molar-refractivity contribution >= 4 is 30.3 Å². The van der Waals surface area contributed by atoms with Crippen molar-refractivity contribution in [1.29, 1.82) is 0 Å². The summed E-state index contributed by atoms with van der Waals surface area (Å²) >= 11 is 0. The molecule has 2 rings (SSSR count). The van der Waals surface area contributed by atoms with Gasteiger partial charge in [0.25, 0.3) is 0 Å². The number of nitrogens with two attached hydrogens (primary N) is 1. The number of hydrogen-bond donors (Lipinski definition) is 2. The highest BCUT2D eigenvalue weighted by molar-refractivity contribution is 6.03. The minimum absolute atomic E-state index is 0. The van der Waals surface area contributed by atoms with Gasteiger partial charge in [-0.15, -0.1) is 12.4 Å². The van der Waals surface area contributed by atoms with Crippen LogP contribution >= 0.6 is 12.4 Å². The molecule has 3 N–H and O–H groups in total. The van der Waals surface area contributed by atoms with Crippen LogP contribution in [0.2, 0.25) is 0 Å². The summed E-state index contributed by atoms with van der Waals surface area (Å²) in [6.07, 6.45) is 1.85. The molecular formula is C12H21ClN4O3. The quantitative estimate of drug-likeness (QED) is 0.690. The Morgan fingerprint density at radius 1 is 1.45 bits per heavy atom. The Hall–Kier alpha value is -1.34. The summed E-state index contributed by atoms with van der Waals surface area (Å²) in [7, 11) is 0. The van der Waals surface area contributed by atoms with E-state index in [1.165, 1.54) is 4.90 Å². The lowest BCUT2D eigenvalue weighted by atomic mass is 9.92. The molecule has 2 aliphatic heterocycles. The minimum Gasteiger partial charge on any atom is -0.337 e. The fraction of sp³-hybridized carbons (Fsp3) is 0.750. The first kappa shape index (κ1) is 16.7. The van der Waals surface area contributed by atoms with Crippen molar-refractivity contribution in [2.24, 2.45) is 11.7 Å². The van der Waals surface area contributed by atoms with Crippen LogP contribution in [0.15, 0.2) is 0 Å². The van der Waals surface area contributed by atoms with E-state index in [-0.39, 0.29) is 43.4 Å². The summed E-state index contributed by atoms with van der Waals surface area (Å²) in [4.78, 5) is 37.7. The third-order valence-corrected chi connectivity index (χ3v) is 3.76. The normalized spacial score (nSPS) is 26.3. The van der Waals surface area contributed by atoms with E-state index in [0.717, 1.165) is 12.8 Å². The zero-order valence-corrected chi connectivity index (χ0v) is 12.3. The van der Waals surface area contributed by atoms with E-state index in [0.29, 0.717) is 19.0 Å². The molecule has 20 heavy (non-hydrogen) atoms. The van der Waals surface area contributed by atoms with Crippen LogP contribution in [0.5, 0.6) is 0 Å². The topological polar surface area (TPSA) is 95.7 Å². The van der Waals surface area contributed by atoms with Crippen LogP contribution < -0.4 is 11.1 Å². The van der Waals surface area contributed by atoms with Crippen molar-refractivity contribution in [2.45, 2.75) is 25.8 Å². The first-order valence-corrected chi connectivity index (χ1v) is 6.59. The van der Waals surface area contributed by atoms with Gasteiger partial charge in [0.2, 0.25) is 11.8 Å². The number of hydrogen-bond acceptors (Lipinski definition) is 4. The molecule has 0 aromatic heterocycles. The summed E-state index contributed by atoms with van der Waals surface area (Å²) in [5.74, 6) is 0.0712. The van der Waals surface area contributed by atoms with Gasteiger partial charge in [-0.1, -0.05) is 6.92 Å². The summed E-state index contributed by atoms with van der Waals surface area (Å²) in [6, 6.07) is -0.453. The van der Waals surface area contributed by atoms with Gasteiger partial charge in [0, 0.05) is 19.1 Å². The Kier molecular flexibility index (Phi) is 5.76. The molecular weight excluding hydrogens is 284 g/mol. The van der Waals surface area contributed by atoms with Crippen molar-refractivity contribution in [2.75, 3.05) is 26.2 Å². The Morgan fingerprint density at radius 3 is 2.70 bits per heavy atom. The van der Waals surface area contributed by atoms with Gasteiger partial charge >= 0.3 is 6.03 Å². The minimum atomic E-state index is -0.493. The summed E-state index contributed by atoms with van der Waals surface area (Å²) < 4.78 is 0. The molecule has 2 atom stereocenters. The number of carbonyl (C=O) groups excluding carboxylic acids is 3. The summed E-state index contributed by atoms with van der Waals surface area (Å²) in [5, 5.41) is 2.16. The molecule has 0 aromatic rings. The lowest BCUT2D eigenvalue weighted by molar-refractivity contribution is -0.135. The third-order valence-electron chi connectivity index (χ3n) is 3.76. The highest BCUT2D eigenvalue weighted by Crippen LogP contribution is 2.22. The maximum absolute atomic E-state index is 12.2. The predicted molar refractivity (Wildman–Crippen MR) is 75.3 cm³/mol. The second-order valence-corrected chi connectivity index (χ2v) is 5.32. The number of amides is 4. The zero-order chi connectivity index (χ0) is 14.0. The van der Waals surface area contributed by atoms with Crippen molar-refractivity contribution in [3.63, 3.8) is 0 Å². The van der Waals surface area contributed by atoms with E-state index in [9.17, 15) is 14.4 Å². The second kappa shape index (κ2) is 6.90. The zero-order valence-electron chi connectivity index (χ0n) is 11.5. The largest absolute Gasteiger partial charge is 0.337 e. The van der Waals surface area contributed by atoms with Gasteiger partial charge in [-0.25, -0.2) is 4.79 Å². The molecule has 2 aliphatic rings. The predicted octanol–water partition coefficient (Wildman–Crippen LogP) is -0.454. The van der Waals surface area contributed by atoms with E-state index in [2.05, 4.69) is 12.2 Å². The molecule has 4 amide bonds. The molecule has 0 aliphatic carbocycles. The fourth-order valence-corrected chi connectivity index (χ4v) is 2.67. The van der Waals surface area contributed by atoms with Gasteiger partial charge in [0.1, 0.15) is 13.1 Å². The monoisotopic (exact) mass is 304 g/mol. The van der Waals surface area contributed by atoms with E-state index >= 15 is 0 Å². The van der Waals surface area contributed by atoms with Crippen molar-refractivity contribution in [1.82, 2.24) is 15.1 Å². The standard InChI is InChI=1S/C12H20N4O3.ClH/c1-8-2-3-16(9(4-8)5-13)11(18)7-15-6-10(17)14-12(15)19;/h8-9H,2-7,13H2,1H3,(H,14,17,19);1H. The van der Waals surface area contributed by atoms with Crippen LogP contribution in [0, 0.1) is 5.92 Å². The van der Waals surface area contributed by atoms with Crippen molar-refractivity contribution < 1.29 is 14.4 Å². The fourth-order valence-electron chi connectivity index (χ4n) is 2.67. The van der Waals surface area contributed by atoms with Gasteiger partial charge in [0.05, 0.1) is 0 Å². The number of nitrogens with zero attached hydrogens (tertiary/aromatic N) is 2. The molecule has 2 unspecified atom stereocenters. The van der Waals surface area contributed by atoms with Crippen molar-refractivity contribution in [3.8, 4) is 0 Å². The van der Waals surface area contributed by atoms with Crippen LogP contribution in [0.1, 0.15) is 19.8 Å². The highest BCUT2D eigenvalue weighted by Gasteiger charge is 2.33. The average molecular weight is 305 g/mol. The Morgan fingerprint density at radius 2 is 2.15 bits per heavy atom. The van der Waals surface area contributed by atoms with E-state index < -0.39 is 6.03 Å². The third kappa shape index (κ3) is 3.61. The smallest absolute Gasteiger partial charge is 0.325 e. The van der Waals surface area contributed by atoms with Gasteiger partial charge in [-0.05, 0) is 18.8 Å². The number of likely N-dealkylation sites (tertiary alicyclic amines) is 1. The lowest BCUT2D eigenvalue weighted by Gasteiger charge is -2.38. The van der Waals surface area contributed by atoms with Crippen molar-refractivity contribution in [3.05, 3.63) is 0 Å². The van der Waals surface area contributed by atoms with Gasteiger partial charge in [-0.3, -0.25) is 14.9 Å². The molecule has 2 saturated heterocycles. The van der Waals surface area contributed by atoms with E-state index in [4.69, 9.17) is 5.73 Å². The van der Waals surface area contributed by atoms with E-state index in [1.54, 1.807) is 4.90 Å². The maximum atomic E-state index is 12.2. The molecule has 8 heteroatoms. The van der Waals surface area contributed by atoms with Crippen LogP contribution in [0.3, 0.4) is 0 Å². The number of nitrogens with one attached hydrogen (secondary N) is 1. The average Bonchev–Trinajstić information content (AvgIpc) is 2.67. The maximum Gasteiger partial charge on any atom is 0.325 e. The van der Waals surface area contributed by atoms with Crippen LogP contribution in [0.4, 0.5) is 4.79 Å².